The quantitative estimate of drug-likeness (QED) is 0.530. The van der Waals surface area contributed by atoms with Crippen molar-refractivity contribution in [2.45, 2.75) is 31.0 Å². The molecule has 0 aromatic carbocycles. The first-order valence-corrected chi connectivity index (χ1v) is 7.74. The largest absolute Gasteiger partial charge is 0.469 e. The number of hydrogen-bond donors (Lipinski definition) is 0. The van der Waals surface area contributed by atoms with Gasteiger partial charge in [0.1, 0.15) is 0 Å². The van der Waals surface area contributed by atoms with Crippen molar-refractivity contribution in [2.24, 2.45) is 5.92 Å². The normalized spacial score (nSPS) is 15.6. The van der Waals surface area contributed by atoms with Crippen LogP contribution in [0.15, 0.2) is 5.16 Å². The van der Waals surface area contributed by atoms with Gasteiger partial charge in [0, 0.05) is 13.6 Å². The smallest absolute Gasteiger partial charge is 0.310 e. The number of tetrazole rings is 1. The molecule has 2 rings (SSSR count). The van der Waals surface area contributed by atoms with E-state index in [-0.39, 0.29) is 23.5 Å². The van der Waals surface area contributed by atoms with Crippen molar-refractivity contribution in [2.75, 3.05) is 26.5 Å². The lowest BCUT2D eigenvalue weighted by atomic mass is 10.2. The lowest BCUT2D eigenvalue weighted by Crippen LogP contribution is -2.35. The fraction of sp³-hybridized carbons (Fsp3) is 0.750. The molecule has 1 aromatic heterocycles. The lowest BCUT2D eigenvalue weighted by molar-refractivity contribution is -0.145. The summed E-state index contributed by atoms with van der Waals surface area (Å²) in [6.45, 7) is 2.07. The Morgan fingerprint density at radius 2 is 2.24 bits per heavy atom. The van der Waals surface area contributed by atoms with E-state index in [0.717, 1.165) is 12.8 Å². The van der Waals surface area contributed by atoms with Gasteiger partial charge in [-0.15, -0.1) is 5.10 Å². The molecule has 21 heavy (non-hydrogen) atoms. The Labute approximate surface area is 127 Å². The Morgan fingerprint density at radius 1 is 1.52 bits per heavy atom. The number of carbonyl (C=O) groups excluding carboxylic acids is 2. The van der Waals surface area contributed by atoms with E-state index in [1.54, 1.807) is 18.7 Å². The van der Waals surface area contributed by atoms with Crippen molar-refractivity contribution in [3.8, 4) is 0 Å². The summed E-state index contributed by atoms with van der Waals surface area (Å²) in [7, 11) is 3.01. The van der Waals surface area contributed by atoms with Crippen LogP contribution in [0, 0.1) is 5.92 Å². The molecule has 0 saturated heterocycles. The minimum absolute atomic E-state index is 0.0684. The molecule has 0 bridgehead atoms. The van der Waals surface area contributed by atoms with Gasteiger partial charge in [0.05, 0.1) is 24.8 Å². The first kappa shape index (κ1) is 15.7. The molecule has 116 valence electrons. The van der Waals surface area contributed by atoms with Crippen molar-refractivity contribution in [3.63, 3.8) is 0 Å². The van der Waals surface area contributed by atoms with Crippen LogP contribution in [-0.2, 0) is 14.3 Å². The van der Waals surface area contributed by atoms with Crippen LogP contribution in [-0.4, -0.2) is 63.4 Å². The van der Waals surface area contributed by atoms with E-state index in [9.17, 15) is 9.59 Å². The summed E-state index contributed by atoms with van der Waals surface area (Å²) in [6, 6.07) is 0.384. The molecular weight excluding hydrogens is 294 g/mol. The molecule has 1 heterocycles. The van der Waals surface area contributed by atoms with Gasteiger partial charge in [-0.2, -0.15) is 0 Å². The SMILES string of the molecule is COC(=O)C(C)CN(C)C(=O)CSc1nnnn1C1CC1. The standard InChI is InChI=1S/C12H19N5O3S/c1-8(11(19)20-3)6-16(2)10(18)7-21-12-13-14-15-17(12)9-4-5-9/h8-9H,4-7H2,1-3H3. The molecule has 1 saturated carbocycles. The fourth-order valence-corrected chi connectivity index (χ4v) is 2.74. The molecule has 1 fully saturated rings. The Morgan fingerprint density at radius 3 is 2.86 bits per heavy atom. The first-order chi connectivity index (χ1) is 10.0. The number of amides is 1. The third-order valence-corrected chi connectivity index (χ3v) is 4.18. The second-order valence-corrected chi connectivity index (χ2v) is 6.07. The highest BCUT2D eigenvalue weighted by Crippen LogP contribution is 2.36. The number of aromatic nitrogens is 4. The Balaban J connectivity index is 1.80. The summed E-state index contributed by atoms with van der Waals surface area (Å²) in [5, 5.41) is 12.2. The van der Waals surface area contributed by atoms with Crippen LogP contribution in [0.4, 0.5) is 0 Å². The number of hydrogen-bond acceptors (Lipinski definition) is 7. The molecule has 1 atom stereocenters. The summed E-state index contributed by atoms with van der Waals surface area (Å²) >= 11 is 1.32. The topological polar surface area (TPSA) is 90.2 Å². The van der Waals surface area contributed by atoms with Crippen LogP contribution in [0.2, 0.25) is 0 Å². The predicted octanol–water partition coefficient (Wildman–Crippen LogP) is 0.368. The van der Waals surface area contributed by atoms with Crippen LogP contribution in [0.5, 0.6) is 0 Å². The minimum atomic E-state index is -0.342. The number of ether oxygens (including phenoxy) is 1. The van der Waals surface area contributed by atoms with E-state index in [4.69, 9.17) is 0 Å². The number of methoxy groups -OCH3 is 1. The molecule has 1 aromatic rings. The van der Waals surface area contributed by atoms with Gasteiger partial charge >= 0.3 is 5.97 Å². The summed E-state index contributed by atoms with van der Waals surface area (Å²) in [5.41, 5.74) is 0. The zero-order valence-corrected chi connectivity index (χ0v) is 13.2. The Bertz CT molecular complexity index is 517. The van der Waals surface area contributed by atoms with Gasteiger partial charge in [-0.1, -0.05) is 18.7 Å². The zero-order valence-electron chi connectivity index (χ0n) is 12.4. The van der Waals surface area contributed by atoms with E-state index in [1.165, 1.54) is 23.8 Å². The maximum atomic E-state index is 12.1. The maximum Gasteiger partial charge on any atom is 0.310 e. The van der Waals surface area contributed by atoms with Gasteiger partial charge in [-0.05, 0) is 23.3 Å². The maximum absolute atomic E-state index is 12.1. The summed E-state index contributed by atoms with van der Waals surface area (Å²) in [5.74, 6) is -0.482. The van der Waals surface area contributed by atoms with Gasteiger partial charge in [0.25, 0.3) is 0 Å². The highest BCUT2D eigenvalue weighted by atomic mass is 32.2. The van der Waals surface area contributed by atoms with Crippen LogP contribution in [0.3, 0.4) is 0 Å². The molecule has 1 amide bonds. The van der Waals surface area contributed by atoms with Gasteiger partial charge in [-0.25, -0.2) is 4.68 Å². The molecule has 0 radical (unpaired) electrons. The van der Waals surface area contributed by atoms with Crippen molar-refractivity contribution in [1.29, 1.82) is 0 Å². The van der Waals surface area contributed by atoms with Crippen LogP contribution < -0.4 is 0 Å². The van der Waals surface area contributed by atoms with Crippen molar-refractivity contribution in [3.05, 3.63) is 0 Å². The Hall–Kier alpha value is -1.64. The molecule has 0 spiro atoms. The summed E-state index contributed by atoms with van der Waals surface area (Å²) in [4.78, 5) is 24.9. The molecule has 1 unspecified atom stereocenters. The molecule has 0 N–H and O–H groups in total. The molecule has 1 aliphatic rings. The van der Waals surface area contributed by atoms with E-state index < -0.39 is 0 Å². The Kier molecular flexibility index (Phi) is 5.16. The van der Waals surface area contributed by atoms with E-state index in [1.807, 2.05) is 0 Å². The van der Waals surface area contributed by atoms with E-state index in [2.05, 4.69) is 20.3 Å². The lowest BCUT2D eigenvalue weighted by Gasteiger charge is -2.19. The number of carbonyl (C=O) groups is 2. The minimum Gasteiger partial charge on any atom is -0.469 e. The molecule has 0 aliphatic heterocycles. The van der Waals surface area contributed by atoms with E-state index in [0.29, 0.717) is 17.7 Å². The monoisotopic (exact) mass is 313 g/mol. The zero-order chi connectivity index (χ0) is 15.4. The number of thioether (sulfide) groups is 1. The van der Waals surface area contributed by atoms with Crippen molar-refractivity contribution in [1.82, 2.24) is 25.1 Å². The van der Waals surface area contributed by atoms with Gasteiger partial charge in [-0.3, -0.25) is 9.59 Å². The number of rotatable bonds is 7. The van der Waals surface area contributed by atoms with Gasteiger partial charge in [0.2, 0.25) is 11.1 Å². The fourth-order valence-electron chi connectivity index (χ4n) is 1.85. The number of nitrogens with zero attached hydrogens (tertiary/aromatic N) is 5. The van der Waals surface area contributed by atoms with Crippen LogP contribution in [0.1, 0.15) is 25.8 Å². The van der Waals surface area contributed by atoms with E-state index >= 15 is 0 Å². The second-order valence-electron chi connectivity index (χ2n) is 5.12. The highest BCUT2D eigenvalue weighted by Gasteiger charge is 2.28. The average Bonchev–Trinajstić information content (AvgIpc) is 3.22. The first-order valence-electron chi connectivity index (χ1n) is 6.75. The summed E-state index contributed by atoms with van der Waals surface area (Å²) < 4.78 is 6.42. The second kappa shape index (κ2) is 6.88. The molecule has 9 heteroatoms. The third kappa shape index (κ3) is 4.16. The van der Waals surface area contributed by atoms with Crippen molar-refractivity contribution < 1.29 is 14.3 Å². The number of esters is 1. The van der Waals surface area contributed by atoms with Gasteiger partial charge in [0.15, 0.2) is 0 Å². The predicted molar refractivity (Wildman–Crippen MR) is 75.6 cm³/mol. The van der Waals surface area contributed by atoms with Crippen molar-refractivity contribution >= 4 is 23.6 Å². The average molecular weight is 313 g/mol. The molecule has 1 aliphatic carbocycles. The molecular formula is C12H19N5O3S. The highest BCUT2D eigenvalue weighted by molar-refractivity contribution is 7.99. The van der Waals surface area contributed by atoms with Gasteiger partial charge < -0.3 is 9.64 Å². The third-order valence-electron chi connectivity index (χ3n) is 3.26. The molecule has 8 nitrogen and oxygen atoms in total. The van der Waals surface area contributed by atoms with Crippen LogP contribution >= 0.6 is 11.8 Å². The summed E-state index contributed by atoms with van der Waals surface area (Å²) in [6.07, 6.45) is 2.17. The van der Waals surface area contributed by atoms with Crippen LogP contribution in [0.25, 0.3) is 0 Å².